The number of ether oxygens (including phenoxy) is 2. The van der Waals surface area contributed by atoms with Crippen molar-refractivity contribution in [1.29, 1.82) is 0 Å². The number of anilines is 1. The van der Waals surface area contributed by atoms with Gasteiger partial charge in [-0.05, 0) is 73.4 Å². The Morgan fingerprint density at radius 3 is 2.35 bits per heavy atom. The number of halogens is 1. The lowest BCUT2D eigenvalue weighted by molar-refractivity contribution is -0.117. The van der Waals surface area contributed by atoms with E-state index in [1.807, 2.05) is 55.5 Å². The number of carbonyl (C=O) groups excluding carboxylic acids is 2. The minimum atomic E-state index is -0.221. The molecule has 0 aromatic heterocycles. The highest BCUT2D eigenvalue weighted by Crippen LogP contribution is 2.31. The molecule has 3 aromatic rings. The zero-order valence-electron chi connectivity index (χ0n) is 19.1. The lowest BCUT2D eigenvalue weighted by Gasteiger charge is -2.16. The molecule has 1 aliphatic rings. The third-order valence-corrected chi connectivity index (χ3v) is 5.96. The molecule has 1 fully saturated rings. The Hall–Kier alpha value is -3.51. The molecular weight excluding hydrogens is 452 g/mol. The summed E-state index contributed by atoms with van der Waals surface area (Å²) in [7, 11) is 1.54. The number of carbonyl (C=O) groups is 2. The van der Waals surface area contributed by atoms with Crippen LogP contribution in [0.4, 0.5) is 5.69 Å². The van der Waals surface area contributed by atoms with E-state index in [1.165, 1.54) is 0 Å². The first kappa shape index (κ1) is 23.6. The number of hydrogen-bond donors (Lipinski definition) is 2. The Kier molecular flexibility index (Phi) is 7.38. The monoisotopic (exact) mass is 478 g/mol. The molecule has 3 aromatic carbocycles. The number of nitrogens with one attached hydrogen (secondary N) is 2. The molecule has 1 saturated carbocycles. The first-order chi connectivity index (χ1) is 16.4. The van der Waals surface area contributed by atoms with Crippen molar-refractivity contribution in [3.63, 3.8) is 0 Å². The molecule has 0 saturated heterocycles. The molecule has 0 spiro atoms. The maximum Gasteiger partial charge on any atom is 0.251 e. The molecule has 0 aliphatic heterocycles. The van der Waals surface area contributed by atoms with Crippen LogP contribution in [0.5, 0.6) is 11.5 Å². The molecule has 4 rings (SSSR count). The van der Waals surface area contributed by atoms with E-state index < -0.39 is 0 Å². The van der Waals surface area contributed by atoms with Crippen molar-refractivity contribution in [2.24, 2.45) is 5.92 Å². The van der Waals surface area contributed by atoms with Gasteiger partial charge in [0.1, 0.15) is 6.61 Å². The van der Waals surface area contributed by atoms with Crippen molar-refractivity contribution in [1.82, 2.24) is 5.32 Å². The second-order valence-corrected chi connectivity index (χ2v) is 8.80. The van der Waals surface area contributed by atoms with Gasteiger partial charge in [-0.3, -0.25) is 9.59 Å². The van der Waals surface area contributed by atoms with Crippen LogP contribution in [-0.4, -0.2) is 18.9 Å². The van der Waals surface area contributed by atoms with Gasteiger partial charge in [0.25, 0.3) is 5.91 Å². The maximum atomic E-state index is 12.8. The molecule has 7 heteroatoms. The second-order valence-electron chi connectivity index (χ2n) is 8.36. The Balaban J connectivity index is 1.36. The van der Waals surface area contributed by atoms with Gasteiger partial charge in [0.15, 0.2) is 11.5 Å². The quantitative estimate of drug-likeness (QED) is 0.409. The number of methoxy groups -OCH3 is 1. The average Bonchev–Trinajstić information content (AvgIpc) is 3.70. The Labute approximate surface area is 204 Å². The van der Waals surface area contributed by atoms with Crippen LogP contribution in [0.2, 0.25) is 5.02 Å². The molecule has 1 unspecified atom stereocenters. The predicted octanol–water partition coefficient (Wildman–Crippen LogP) is 5.77. The molecule has 2 N–H and O–H groups in total. The highest BCUT2D eigenvalue weighted by molar-refractivity contribution is 6.30. The number of amides is 2. The summed E-state index contributed by atoms with van der Waals surface area (Å²) in [5, 5.41) is 6.59. The Bertz CT molecular complexity index is 1160. The Morgan fingerprint density at radius 2 is 1.71 bits per heavy atom. The van der Waals surface area contributed by atoms with Crippen LogP contribution in [0.25, 0.3) is 0 Å². The normalized spacial score (nSPS) is 13.6. The summed E-state index contributed by atoms with van der Waals surface area (Å²) in [5.74, 6) is 1.03. The van der Waals surface area contributed by atoms with Gasteiger partial charge < -0.3 is 20.1 Å². The van der Waals surface area contributed by atoms with E-state index in [-0.39, 0.29) is 23.8 Å². The SMILES string of the molecule is COc1cc(C(=O)NC(C)c2ccc(NC(=O)C3CC3)cc2)ccc1OCc1ccc(Cl)cc1. The van der Waals surface area contributed by atoms with Crippen LogP contribution in [0.15, 0.2) is 66.7 Å². The summed E-state index contributed by atoms with van der Waals surface area (Å²) < 4.78 is 11.3. The van der Waals surface area contributed by atoms with Crippen molar-refractivity contribution in [2.75, 3.05) is 12.4 Å². The molecule has 0 heterocycles. The van der Waals surface area contributed by atoms with E-state index in [0.29, 0.717) is 28.7 Å². The first-order valence-corrected chi connectivity index (χ1v) is 11.6. The highest BCUT2D eigenvalue weighted by Gasteiger charge is 2.29. The van der Waals surface area contributed by atoms with Crippen LogP contribution < -0.4 is 20.1 Å². The average molecular weight is 479 g/mol. The smallest absolute Gasteiger partial charge is 0.251 e. The summed E-state index contributed by atoms with van der Waals surface area (Å²) in [6, 6.07) is 19.8. The molecule has 176 valence electrons. The van der Waals surface area contributed by atoms with Crippen LogP contribution in [-0.2, 0) is 11.4 Å². The number of rotatable bonds is 9. The van der Waals surface area contributed by atoms with Gasteiger partial charge in [0.2, 0.25) is 5.91 Å². The summed E-state index contributed by atoms with van der Waals surface area (Å²) in [6.07, 6.45) is 1.93. The van der Waals surface area contributed by atoms with Gasteiger partial charge in [-0.1, -0.05) is 35.9 Å². The fourth-order valence-electron chi connectivity index (χ4n) is 3.48. The van der Waals surface area contributed by atoms with E-state index in [2.05, 4.69) is 10.6 Å². The van der Waals surface area contributed by atoms with Crippen LogP contribution in [0, 0.1) is 5.92 Å². The third kappa shape index (κ3) is 6.08. The van der Waals surface area contributed by atoms with Crippen molar-refractivity contribution in [2.45, 2.75) is 32.4 Å². The van der Waals surface area contributed by atoms with E-state index in [4.69, 9.17) is 21.1 Å². The minimum absolute atomic E-state index is 0.0728. The molecular formula is C27H27ClN2O4. The van der Waals surface area contributed by atoms with Crippen molar-refractivity contribution < 1.29 is 19.1 Å². The standard InChI is InChI=1S/C27H27ClN2O4/c1-17(19-7-12-23(13-8-19)30-26(31)20-5-6-20)29-27(32)21-9-14-24(25(15-21)33-2)34-16-18-3-10-22(28)11-4-18/h3-4,7-15,17,20H,5-6,16H2,1-2H3,(H,29,32)(H,30,31). The zero-order chi connectivity index (χ0) is 24.1. The first-order valence-electron chi connectivity index (χ1n) is 11.2. The molecule has 0 bridgehead atoms. The van der Waals surface area contributed by atoms with Gasteiger partial charge in [0.05, 0.1) is 13.2 Å². The minimum Gasteiger partial charge on any atom is -0.493 e. The molecule has 6 nitrogen and oxygen atoms in total. The van der Waals surface area contributed by atoms with Gasteiger partial charge >= 0.3 is 0 Å². The molecule has 0 radical (unpaired) electrons. The largest absolute Gasteiger partial charge is 0.493 e. The highest BCUT2D eigenvalue weighted by atomic mass is 35.5. The van der Waals surface area contributed by atoms with E-state index >= 15 is 0 Å². The van der Waals surface area contributed by atoms with Crippen LogP contribution in [0.1, 0.15) is 47.3 Å². The Morgan fingerprint density at radius 1 is 1.00 bits per heavy atom. The van der Waals surface area contributed by atoms with Crippen molar-refractivity contribution >= 4 is 29.1 Å². The molecule has 34 heavy (non-hydrogen) atoms. The lowest BCUT2D eigenvalue weighted by Crippen LogP contribution is -2.26. The predicted molar refractivity (Wildman–Crippen MR) is 132 cm³/mol. The van der Waals surface area contributed by atoms with Gasteiger partial charge in [-0.15, -0.1) is 0 Å². The van der Waals surface area contributed by atoms with Gasteiger partial charge in [-0.2, -0.15) is 0 Å². The van der Waals surface area contributed by atoms with Gasteiger partial charge in [-0.25, -0.2) is 0 Å². The van der Waals surface area contributed by atoms with Crippen LogP contribution in [0.3, 0.4) is 0 Å². The fourth-order valence-corrected chi connectivity index (χ4v) is 3.60. The second kappa shape index (κ2) is 10.6. The maximum absolute atomic E-state index is 12.8. The van der Waals surface area contributed by atoms with Crippen molar-refractivity contribution in [3.05, 3.63) is 88.4 Å². The topological polar surface area (TPSA) is 76.7 Å². The summed E-state index contributed by atoms with van der Waals surface area (Å²) in [4.78, 5) is 24.7. The zero-order valence-corrected chi connectivity index (χ0v) is 19.9. The van der Waals surface area contributed by atoms with Crippen LogP contribution >= 0.6 is 11.6 Å². The number of hydrogen-bond acceptors (Lipinski definition) is 4. The third-order valence-electron chi connectivity index (χ3n) is 5.71. The summed E-state index contributed by atoms with van der Waals surface area (Å²) in [5.41, 5.74) is 3.14. The van der Waals surface area contributed by atoms with E-state index in [0.717, 1.165) is 29.7 Å². The van der Waals surface area contributed by atoms with E-state index in [9.17, 15) is 9.59 Å². The van der Waals surface area contributed by atoms with E-state index in [1.54, 1.807) is 25.3 Å². The summed E-state index contributed by atoms with van der Waals surface area (Å²) >= 11 is 5.92. The van der Waals surface area contributed by atoms with Crippen molar-refractivity contribution in [3.8, 4) is 11.5 Å². The van der Waals surface area contributed by atoms with Gasteiger partial charge in [0, 0.05) is 22.2 Å². The fraction of sp³-hybridized carbons (Fsp3) is 0.259. The molecule has 1 atom stereocenters. The summed E-state index contributed by atoms with van der Waals surface area (Å²) in [6.45, 7) is 2.27. The molecule has 2 amide bonds. The lowest BCUT2D eigenvalue weighted by atomic mass is 10.1. The number of benzene rings is 3. The molecule has 1 aliphatic carbocycles.